The van der Waals surface area contributed by atoms with E-state index in [0.717, 1.165) is 19.3 Å². The Labute approximate surface area is 147 Å². The molecule has 2 aromatic rings. The van der Waals surface area contributed by atoms with Gasteiger partial charge in [-0.1, -0.05) is 38.1 Å². The summed E-state index contributed by atoms with van der Waals surface area (Å²) >= 11 is 0. The molecule has 1 aromatic heterocycles. The summed E-state index contributed by atoms with van der Waals surface area (Å²) in [7, 11) is 1.71. The monoisotopic (exact) mass is 340 g/mol. The second kappa shape index (κ2) is 7.09. The molecule has 25 heavy (non-hydrogen) atoms. The van der Waals surface area contributed by atoms with Crippen LogP contribution in [0.4, 0.5) is 5.82 Å². The molecule has 3 rings (SSSR count). The molecular weight excluding hydrogens is 316 g/mol. The number of hydrogen-bond donors (Lipinski definition) is 2. The minimum Gasteiger partial charge on any atom is -0.344 e. The molecule has 0 unspecified atom stereocenters. The zero-order valence-corrected chi connectivity index (χ0v) is 14.9. The maximum Gasteiger partial charge on any atom is 0.272 e. The lowest BCUT2D eigenvalue weighted by atomic mass is 9.88. The van der Waals surface area contributed by atoms with E-state index in [1.807, 2.05) is 26.0 Å². The van der Waals surface area contributed by atoms with Crippen molar-refractivity contribution in [3.8, 4) is 0 Å². The molecule has 2 amide bonds. The minimum absolute atomic E-state index is 0.00756. The molecule has 0 aliphatic heterocycles. The first-order valence-electron chi connectivity index (χ1n) is 8.69. The Balaban J connectivity index is 1.73. The van der Waals surface area contributed by atoms with Gasteiger partial charge in [0.15, 0.2) is 5.69 Å². The Morgan fingerprint density at radius 1 is 1.28 bits per heavy atom. The lowest BCUT2D eigenvalue weighted by Gasteiger charge is -2.26. The van der Waals surface area contributed by atoms with Crippen LogP contribution in [0.5, 0.6) is 0 Å². The van der Waals surface area contributed by atoms with Crippen LogP contribution in [0.25, 0.3) is 0 Å². The summed E-state index contributed by atoms with van der Waals surface area (Å²) < 4.78 is 1.52. The van der Waals surface area contributed by atoms with Crippen molar-refractivity contribution in [2.75, 3.05) is 5.32 Å². The summed E-state index contributed by atoms with van der Waals surface area (Å²) in [4.78, 5) is 24.5. The molecule has 6 heteroatoms. The Bertz CT molecular complexity index is 794. The zero-order valence-electron chi connectivity index (χ0n) is 14.9. The highest BCUT2D eigenvalue weighted by Crippen LogP contribution is 2.29. The van der Waals surface area contributed by atoms with Crippen molar-refractivity contribution in [1.82, 2.24) is 15.1 Å². The number of hydrogen-bond acceptors (Lipinski definition) is 3. The highest BCUT2D eigenvalue weighted by Gasteiger charge is 2.23. The maximum atomic E-state index is 12.6. The summed E-state index contributed by atoms with van der Waals surface area (Å²) in [6, 6.07) is 9.85. The standard InChI is InChI=1S/C19H24N4O2/c1-12(2)18(24)21-17-11-16(22-23(17)3)19(25)20-15-10-6-8-13-7-4-5-9-14(13)15/h4-5,7,9,11-12,15H,6,8,10H2,1-3H3,(H,20,25)(H,21,24)/t15-/m1/s1. The maximum absolute atomic E-state index is 12.6. The molecule has 1 atom stereocenters. The molecule has 1 heterocycles. The summed E-state index contributed by atoms with van der Waals surface area (Å²) in [5.41, 5.74) is 2.79. The van der Waals surface area contributed by atoms with Gasteiger partial charge in [-0.15, -0.1) is 0 Å². The fraction of sp³-hybridized carbons (Fsp3) is 0.421. The van der Waals surface area contributed by atoms with Crippen LogP contribution in [0, 0.1) is 5.92 Å². The quantitative estimate of drug-likeness (QED) is 0.898. The van der Waals surface area contributed by atoms with Gasteiger partial charge in [0.1, 0.15) is 5.82 Å². The van der Waals surface area contributed by atoms with Crippen LogP contribution in [0.15, 0.2) is 30.3 Å². The highest BCUT2D eigenvalue weighted by atomic mass is 16.2. The molecule has 6 nitrogen and oxygen atoms in total. The van der Waals surface area contributed by atoms with Crippen LogP contribution in [0.1, 0.15) is 54.3 Å². The van der Waals surface area contributed by atoms with Crippen molar-refractivity contribution in [3.63, 3.8) is 0 Å². The molecule has 1 aliphatic rings. The van der Waals surface area contributed by atoms with E-state index < -0.39 is 0 Å². The summed E-state index contributed by atoms with van der Waals surface area (Å²) in [6.07, 6.45) is 3.03. The normalized spacial score (nSPS) is 16.4. The van der Waals surface area contributed by atoms with E-state index >= 15 is 0 Å². The van der Waals surface area contributed by atoms with Crippen molar-refractivity contribution in [3.05, 3.63) is 47.2 Å². The number of benzene rings is 1. The second-order valence-electron chi connectivity index (χ2n) is 6.80. The number of rotatable bonds is 4. The summed E-state index contributed by atoms with van der Waals surface area (Å²) in [5.74, 6) is 0.0670. The number of carbonyl (C=O) groups is 2. The molecule has 132 valence electrons. The van der Waals surface area contributed by atoms with Crippen LogP contribution in [0.2, 0.25) is 0 Å². The molecule has 1 aliphatic carbocycles. The fourth-order valence-electron chi connectivity index (χ4n) is 3.10. The number of nitrogens with one attached hydrogen (secondary N) is 2. The van der Waals surface area contributed by atoms with Crippen LogP contribution in [0.3, 0.4) is 0 Å². The third-order valence-corrected chi connectivity index (χ3v) is 4.56. The van der Waals surface area contributed by atoms with Gasteiger partial charge in [0.2, 0.25) is 5.91 Å². The van der Waals surface area contributed by atoms with E-state index in [4.69, 9.17) is 0 Å². The van der Waals surface area contributed by atoms with Gasteiger partial charge < -0.3 is 10.6 Å². The number of fused-ring (bicyclic) bond motifs is 1. The third-order valence-electron chi connectivity index (χ3n) is 4.56. The number of anilines is 1. The first-order valence-corrected chi connectivity index (χ1v) is 8.69. The lowest BCUT2D eigenvalue weighted by Crippen LogP contribution is -2.31. The van der Waals surface area contributed by atoms with Crippen molar-refractivity contribution in [2.45, 2.75) is 39.2 Å². The Hall–Kier alpha value is -2.63. The molecule has 0 spiro atoms. The molecular formula is C19H24N4O2. The second-order valence-corrected chi connectivity index (χ2v) is 6.80. The molecule has 0 saturated heterocycles. The van der Waals surface area contributed by atoms with E-state index in [2.05, 4.69) is 27.9 Å². The van der Waals surface area contributed by atoms with E-state index in [9.17, 15) is 9.59 Å². The highest BCUT2D eigenvalue weighted by molar-refractivity contribution is 5.96. The van der Waals surface area contributed by atoms with Gasteiger partial charge in [0, 0.05) is 19.0 Å². The molecule has 0 saturated carbocycles. The smallest absolute Gasteiger partial charge is 0.272 e. The Kier molecular flexibility index (Phi) is 4.88. The number of carbonyl (C=O) groups excluding carboxylic acids is 2. The van der Waals surface area contributed by atoms with Gasteiger partial charge in [-0.25, -0.2) is 0 Å². The first kappa shape index (κ1) is 17.2. The van der Waals surface area contributed by atoms with E-state index in [1.165, 1.54) is 15.8 Å². The van der Waals surface area contributed by atoms with Crippen LogP contribution in [-0.4, -0.2) is 21.6 Å². The predicted molar refractivity (Wildman–Crippen MR) is 96.3 cm³/mol. The predicted octanol–water partition coefficient (Wildman–Crippen LogP) is 2.82. The SMILES string of the molecule is CC(C)C(=O)Nc1cc(C(=O)N[C@@H]2CCCc3ccccc32)nn1C. The fourth-order valence-corrected chi connectivity index (χ4v) is 3.10. The Morgan fingerprint density at radius 3 is 2.80 bits per heavy atom. The topological polar surface area (TPSA) is 76.0 Å². The van der Waals surface area contributed by atoms with Gasteiger partial charge in [-0.05, 0) is 30.4 Å². The Morgan fingerprint density at radius 2 is 2.04 bits per heavy atom. The van der Waals surface area contributed by atoms with Crippen molar-refractivity contribution in [2.24, 2.45) is 13.0 Å². The van der Waals surface area contributed by atoms with Crippen molar-refractivity contribution < 1.29 is 9.59 Å². The molecule has 0 fully saturated rings. The van der Waals surface area contributed by atoms with Gasteiger partial charge in [-0.2, -0.15) is 5.10 Å². The number of amides is 2. The molecule has 2 N–H and O–H groups in total. The van der Waals surface area contributed by atoms with E-state index in [1.54, 1.807) is 13.1 Å². The zero-order chi connectivity index (χ0) is 18.0. The molecule has 0 radical (unpaired) electrons. The summed E-state index contributed by atoms with van der Waals surface area (Å²) in [5, 5.41) is 10.1. The lowest BCUT2D eigenvalue weighted by molar-refractivity contribution is -0.118. The van der Waals surface area contributed by atoms with Crippen LogP contribution < -0.4 is 10.6 Å². The average Bonchev–Trinajstić information content (AvgIpc) is 2.96. The van der Waals surface area contributed by atoms with Crippen LogP contribution in [-0.2, 0) is 18.3 Å². The number of nitrogens with zero attached hydrogens (tertiary/aromatic N) is 2. The van der Waals surface area contributed by atoms with E-state index in [-0.39, 0.29) is 23.8 Å². The van der Waals surface area contributed by atoms with Gasteiger partial charge in [0.05, 0.1) is 6.04 Å². The van der Waals surface area contributed by atoms with Gasteiger partial charge in [0.25, 0.3) is 5.91 Å². The first-order chi connectivity index (χ1) is 12.0. The average molecular weight is 340 g/mol. The number of aryl methyl sites for hydroxylation is 2. The molecule has 1 aromatic carbocycles. The molecule has 0 bridgehead atoms. The van der Waals surface area contributed by atoms with E-state index in [0.29, 0.717) is 11.5 Å². The third kappa shape index (κ3) is 3.73. The van der Waals surface area contributed by atoms with Gasteiger partial charge in [-0.3, -0.25) is 14.3 Å². The summed E-state index contributed by atoms with van der Waals surface area (Å²) in [6.45, 7) is 3.64. The van der Waals surface area contributed by atoms with Gasteiger partial charge >= 0.3 is 0 Å². The minimum atomic E-state index is -0.220. The van der Waals surface area contributed by atoms with Crippen molar-refractivity contribution >= 4 is 17.6 Å². The van der Waals surface area contributed by atoms with Crippen molar-refractivity contribution in [1.29, 1.82) is 0 Å². The van der Waals surface area contributed by atoms with Crippen LogP contribution >= 0.6 is 0 Å². The number of aromatic nitrogens is 2. The largest absolute Gasteiger partial charge is 0.344 e.